The van der Waals surface area contributed by atoms with E-state index in [0.29, 0.717) is 11.7 Å². The van der Waals surface area contributed by atoms with Gasteiger partial charge in [-0.05, 0) is 31.4 Å². The second-order valence-electron chi connectivity index (χ2n) is 4.42. The van der Waals surface area contributed by atoms with Crippen LogP contribution < -0.4 is 11.1 Å². The Bertz CT molecular complexity index is 420. The molecule has 1 aromatic rings. The molecule has 92 valence electrons. The smallest absolute Gasteiger partial charge is 0.221 e. The molecule has 1 heterocycles. The van der Waals surface area contributed by atoms with Gasteiger partial charge < -0.3 is 11.1 Å². The van der Waals surface area contributed by atoms with Gasteiger partial charge in [0.25, 0.3) is 0 Å². The molecule has 2 rings (SSSR count). The lowest BCUT2D eigenvalue weighted by molar-refractivity contribution is -0.120. The largest absolute Gasteiger partial charge is 0.398 e. The van der Waals surface area contributed by atoms with E-state index >= 15 is 0 Å². The van der Waals surface area contributed by atoms with E-state index < -0.39 is 0 Å². The molecule has 1 aliphatic heterocycles. The van der Waals surface area contributed by atoms with Crippen molar-refractivity contribution in [3.63, 3.8) is 0 Å². The van der Waals surface area contributed by atoms with Gasteiger partial charge in [0.1, 0.15) is 0 Å². The average Bonchev–Trinajstić information content (AvgIpc) is 2.49. The predicted molar refractivity (Wildman–Crippen MR) is 72.1 cm³/mol. The van der Waals surface area contributed by atoms with Crippen molar-refractivity contribution < 1.29 is 4.79 Å². The van der Waals surface area contributed by atoms with E-state index in [1.165, 1.54) is 0 Å². The van der Waals surface area contributed by atoms with Crippen molar-refractivity contribution >= 4 is 23.4 Å². The quantitative estimate of drug-likeness (QED) is 0.792. The highest BCUT2D eigenvalue weighted by Crippen LogP contribution is 2.34. The molecule has 0 saturated carbocycles. The maximum absolute atomic E-state index is 11.5. The van der Waals surface area contributed by atoms with Crippen molar-refractivity contribution in [2.24, 2.45) is 0 Å². The first-order chi connectivity index (χ1) is 8.16. The number of nitrogen functional groups attached to an aromatic ring is 1. The Labute approximate surface area is 106 Å². The molecule has 3 N–H and O–H groups in total. The van der Waals surface area contributed by atoms with Crippen molar-refractivity contribution in [2.45, 2.75) is 36.3 Å². The third-order valence-electron chi connectivity index (χ3n) is 3.02. The van der Waals surface area contributed by atoms with Crippen LogP contribution in [-0.4, -0.2) is 17.7 Å². The van der Waals surface area contributed by atoms with E-state index in [4.69, 9.17) is 5.73 Å². The average molecular weight is 250 g/mol. The molecule has 1 atom stereocenters. The van der Waals surface area contributed by atoms with Crippen LogP contribution in [0.15, 0.2) is 23.1 Å². The van der Waals surface area contributed by atoms with Crippen LogP contribution in [0.25, 0.3) is 0 Å². The van der Waals surface area contributed by atoms with Crippen LogP contribution in [0.3, 0.4) is 0 Å². The first-order valence-corrected chi connectivity index (χ1v) is 6.83. The zero-order valence-electron chi connectivity index (χ0n) is 10.0. The predicted octanol–water partition coefficient (Wildman–Crippen LogP) is 2.34. The van der Waals surface area contributed by atoms with Gasteiger partial charge in [-0.2, -0.15) is 0 Å². The minimum absolute atomic E-state index is 0.159. The Morgan fingerprint density at radius 3 is 3.12 bits per heavy atom. The third-order valence-corrected chi connectivity index (χ3v) is 4.36. The minimum atomic E-state index is 0.159. The second-order valence-corrected chi connectivity index (χ2v) is 5.77. The third kappa shape index (κ3) is 3.16. The van der Waals surface area contributed by atoms with Crippen LogP contribution in [0.2, 0.25) is 0 Å². The summed E-state index contributed by atoms with van der Waals surface area (Å²) in [5.41, 5.74) is 8.01. The standard InChI is InChI=1S/C13H18N2OS/c1-9-4-2-6-11(13(9)14)17-10-5-3-7-15-12(16)8-10/h2,4,6,10H,3,5,7-8,14H2,1H3,(H,15,16). The highest BCUT2D eigenvalue weighted by molar-refractivity contribution is 8.00. The van der Waals surface area contributed by atoms with Crippen molar-refractivity contribution in [1.82, 2.24) is 5.32 Å². The molecular weight excluding hydrogens is 232 g/mol. The number of carbonyl (C=O) groups excluding carboxylic acids is 1. The fraction of sp³-hybridized carbons (Fsp3) is 0.462. The normalized spacial score (nSPS) is 20.8. The summed E-state index contributed by atoms with van der Waals surface area (Å²) in [7, 11) is 0. The lowest BCUT2D eigenvalue weighted by Gasteiger charge is -2.14. The number of aryl methyl sites for hydroxylation is 1. The second kappa shape index (κ2) is 5.45. The summed E-state index contributed by atoms with van der Waals surface area (Å²) in [6.07, 6.45) is 2.71. The van der Waals surface area contributed by atoms with Crippen molar-refractivity contribution in [3.05, 3.63) is 23.8 Å². The van der Waals surface area contributed by atoms with Crippen LogP contribution in [0.4, 0.5) is 5.69 Å². The van der Waals surface area contributed by atoms with E-state index in [2.05, 4.69) is 5.32 Å². The number of hydrogen-bond acceptors (Lipinski definition) is 3. The number of anilines is 1. The van der Waals surface area contributed by atoms with Crippen molar-refractivity contribution in [2.75, 3.05) is 12.3 Å². The molecule has 1 amide bonds. The lowest BCUT2D eigenvalue weighted by atomic mass is 10.2. The van der Waals surface area contributed by atoms with Crippen LogP contribution in [-0.2, 0) is 4.79 Å². The summed E-state index contributed by atoms with van der Waals surface area (Å²) in [5, 5.41) is 3.25. The zero-order chi connectivity index (χ0) is 12.3. The lowest BCUT2D eigenvalue weighted by Crippen LogP contribution is -2.22. The Morgan fingerprint density at radius 1 is 1.47 bits per heavy atom. The number of para-hydroxylation sites is 1. The summed E-state index contributed by atoms with van der Waals surface area (Å²) >= 11 is 1.74. The molecule has 0 bridgehead atoms. The molecule has 0 aliphatic carbocycles. The molecule has 0 spiro atoms. The van der Waals surface area contributed by atoms with Crippen molar-refractivity contribution in [1.29, 1.82) is 0 Å². The maximum atomic E-state index is 11.5. The SMILES string of the molecule is Cc1cccc(SC2CCCNC(=O)C2)c1N. The van der Waals surface area contributed by atoms with Crippen LogP contribution >= 0.6 is 11.8 Å². The number of nitrogens with two attached hydrogens (primary N) is 1. The number of hydrogen-bond donors (Lipinski definition) is 2. The summed E-state index contributed by atoms with van der Waals surface area (Å²) < 4.78 is 0. The molecule has 3 nitrogen and oxygen atoms in total. The molecule has 1 aliphatic rings. The highest BCUT2D eigenvalue weighted by Gasteiger charge is 2.19. The van der Waals surface area contributed by atoms with Gasteiger partial charge in [0, 0.05) is 28.8 Å². The van der Waals surface area contributed by atoms with Gasteiger partial charge in [0.2, 0.25) is 5.91 Å². The highest BCUT2D eigenvalue weighted by atomic mass is 32.2. The number of benzene rings is 1. The Kier molecular flexibility index (Phi) is 3.94. The Morgan fingerprint density at radius 2 is 2.29 bits per heavy atom. The summed E-state index contributed by atoms with van der Waals surface area (Å²) in [6.45, 7) is 2.82. The zero-order valence-corrected chi connectivity index (χ0v) is 10.8. The maximum Gasteiger partial charge on any atom is 0.221 e. The van der Waals surface area contributed by atoms with Crippen molar-refractivity contribution in [3.8, 4) is 0 Å². The number of nitrogens with one attached hydrogen (secondary N) is 1. The molecule has 0 aromatic heterocycles. The number of amides is 1. The van der Waals surface area contributed by atoms with Crippen LogP contribution in [0.1, 0.15) is 24.8 Å². The molecule has 1 aromatic carbocycles. The molecular formula is C13H18N2OS. The topological polar surface area (TPSA) is 55.1 Å². The van der Waals surface area contributed by atoms with Gasteiger partial charge >= 0.3 is 0 Å². The van der Waals surface area contributed by atoms with Gasteiger partial charge in [-0.15, -0.1) is 11.8 Å². The fourth-order valence-electron chi connectivity index (χ4n) is 1.98. The molecule has 0 radical (unpaired) electrons. The first kappa shape index (κ1) is 12.3. The summed E-state index contributed by atoms with van der Waals surface area (Å²) in [5.74, 6) is 0.159. The van der Waals surface area contributed by atoms with Gasteiger partial charge in [0.15, 0.2) is 0 Å². The van der Waals surface area contributed by atoms with E-state index in [0.717, 1.165) is 35.5 Å². The monoisotopic (exact) mass is 250 g/mol. The summed E-state index contributed by atoms with van der Waals surface area (Å²) in [6, 6.07) is 6.07. The molecule has 1 fully saturated rings. The van der Waals surface area contributed by atoms with Crippen LogP contribution in [0, 0.1) is 6.92 Å². The molecule has 17 heavy (non-hydrogen) atoms. The fourth-order valence-corrected chi connectivity index (χ4v) is 3.30. The molecule has 4 heteroatoms. The molecule has 1 unspecified atom stereocenters. The van der Waals surface area contributed by atoms with E-state index in [9.17, 15) is 4.79 Å². The Hall–Kier alpha value is -1.16. The number of carbonyl (C=O) groups is 1. The number of rotatable bonds is 2. The van der Waals surface area contributed by atoms with E-state index in [1.54, 1.807) is 11.8 Å². The van der Waals surface area contributed by atoms with Gasteiger partial charge in [-0.3, -0.25) is 4.79 Å². The van der Waals surface area contributed by atoms with Crippen LogP contribution in [0.5, 0.6) is 0 Å². The van der Waals surface area contributed by atoms with E-state index in [1.807, 2.05) is 25.1 Å². The van der Waals surface area contributed by atoms with Gasteiger partial charge in [-0.1, -0.05) is 12.1 Å². The first-order valence-electron chi connectivity index (χ1n) is 5.95. The number of thioether (sulfide) groups is 1. The van der Waals surface area contributed by atoms with Gasteiger partial charge in [-0.25, -0.2) is 0 Å². The molecule has 1 saturated heterocycles. The van der Waals surface area contributed by atoms with Gasteiger partial charge in [0.05, 0.1) is 0 Å². The minimum Gasteiger partial charge on any atom is -0.398 e. The van der Waals surface area contributed by atoms with E-state index in [-0.39, 0.29) is 5.91 Å². The Balaban J connectivity index is 2.09. The summed E-state index contributed by atoms with van der Waals surface area (Å²) in [4.78, 5) is 12.6.